The molecule has 0 amide bonds. The van der Waals surface area contributed by atoms with E-state index in [2.05, 4.69) is 0 Å². The highest BCUT2D eigenvalue weighted by atomic mass is 16.5. The molecule has 4 rings (SSSR count). The fraction of sp³-hybridized carbons (Fsp3) is 1.00. The second-order valence-corrected chi connectivity index (χ2v) is 7.56. The van der Waals surface area contributed by atoms with E-state index in [1.165, 1.54) is 51.4 Å². The van der Waals surface area contributed by atoms with Crippen molar-refractivity contribution in [2.24, 2.45) is 35.3 Å². The van der Waals surface area contributed by atoms with Crippen LogP contribution >= 0.6 is 0 Å². The normalized spacial score (nSPS) is 51.8. The summed E-state index contributed by atoms with van der Waals surface area (Å²) >= 11 is 0. The smallest absolute Gasteiger partial charge is 0.0468 e. The third kappa shape index (κ3) is 1.68. The lowest BCUT2D eigenvalue weighted by Crippen LogP contribution is -2.50. The molecule has 0 aromatic carbocycles. The zero-order valence-corrected chi connectivity index (χ0v) is 11.4. The van der Waals surface area contributed by atoms with Crippen LogP contribution in [0.5, 0.6) is 0 Å². The Morgan fingerprint density at radius 1 is 1.06 bits per heavy atom. The van der Waals surface area contributed by atoms with Gasteiger partial charge in [-0.3, -0.25) is 0 Å². The van der Waals surface area contributed by atoms with Gasteiger partial charge < -0.3 is 10.5 Å². The largest absolute Gasteiger partial charge is 0.381 e. The molecular weight excluding hydrogens is 222 g/mol. The van der Waals surface area contributed by atoms with Gasteiger partial charge >= 0.3 is 0 Å². The predicted octanol–water partition coefficient (Wildman–Crippen LogP) is 2.96. The number of hydrogen-bond donors (Lipinski definition) is 1. The molecule has 2 nitrogen and oxygen atoms in total. The number of nitrogens with two attached hydrogens (primary N) is 1. The van der Waals surface area contributed by atoms with Crippen LogP contribution in [0, 0.1) is 29.6 Å². The Labute approximate surface area is 111 Å². The van der Waals surface area contributed by atoms with E-state index in [0.29, 0.717) is 0 Å². The Hall–Kier alpha value is -0.0800. The van der Waals surface area contributed by atoms with Crippen molar-refractivity contribution >= 4 is 0 Å². The van der Waals surface area contributed by atoms with E-state index in [0.717, 1.165) is 42.8 Å². The van der Waals surface area contributed by atoms with Crippen molar-refractivity contribution in [3.63, 3.8) is 0 Å². The van der Waals surface area contributed by atoms with Gasteiger partial charge in [-0.15, -0.1) is 0 Å². The Kier molecular flexibility index (Phi) is 2.74. The third-order valence-corrected chi connectivity index (χ3v) is 6.69. The maximum atomic E-state index is 6.89. The van der Waals surface area contributed by atoms with Gasteiger partial charge in [-0.05, 0) is 74.5 Å². The van der Waals surface area contributed by atoms with Crippen molar-refractivity contribution in [2.75, 3.05) is 13.2 Å². The molecule has 2 N–H and O–H groups in total. The van der Waals surface area contributed by atoms with Crippen molar-refractivity contribution in [1.82, 2.24) is 0 Å². The van der Waals surface area contributed by atoms with Crippen LogP contribution in [0.2, 0.25) is 0 Å². The van der Waals surface area contributed by atoms with E-state index in [-0.39, 0.29) is 5.54 Å². The van der Waals surface area contributed by atoms with Crippen LogP contribution in [0.3, 0.4) is 0 Å². The van der Waals surface area contributed by atoms with Crippen molar-refractivity contribution in [3.8, 4) is 0 Å². The first-order valence-electron chi connectivity index (χ1n) is 8.13. The Morgan fingerprint density at radius 3 is 2.67 bits per heavy atom. The van der Waals surface area contributed by atoms with Crippen LogP contribution in [0.25, 0.3) is 0 Å². The van der Waals surface area contributed by atoms with Gasteiger partial charge in [0.05, 0.1) is 0 Å². The van der Waals surface area contributed by atoms with Crippen LogP contribution in [-0.4, -0.2) is 18.8 Å². The summed E-state index contributed by atoms with van der Waals surface area (Å²) in [5.41, 5.74) is 7.10. The van der Waals surface area contributed by atoms with Crippen molar-refractivity contribution in [1.29, 1.82) is 0 Å². The molecule has 2 bridgehead atoms. The first-order chi connectivity index (χ1) is 8.76. The lowest BCUT2D eigenvalue weighted by Gasteiger charge is -2.42. The highest BCUT2D eigenvalue weighted by Gasteiger charge is 2.59. The van der Waals surface area contributed by atoms with Crippen LogP contribution in [-0.2, 0) is 4.74 Å². The molecule has 1 heterocycles. The van der Waals surface area contributed by atoms with Gasteiger partial charge in [-0.2, -0.15) is 0 Å². The molecule has 5 unspecified atom stereocenters. The summed E-state index contributed by atoms with van der Waals surface area (Å²) in [6, 6.07) is 0. The second-order valence-electron chi connectivity index (χ2n) is 7.56. The standard InChI is InChI=1S/C16H27NO/c17-16(9-11-4-6-18-7-5-11)10-12-8-15(16)14-3-1-2-13(12)14/h11-15H,1-10,17H2. The van der Waals surface area contributed by atoms with E-state index in [1.54, 1.807) is 0 Å². The number of fused-ring (bicyclic) bond motifs is 5. The molecule has 3 aliphatic carbocycles. The first kappa shape index (κ1) is 11.7. The number of rotatable bonds is 2. The lowest BCUT2D eigenvalue weighted by molar-refractivity contribution is 0.0433. The van der Waals surface area contributed by atoms with Crippen LogP contribution in [0.15, 0.2) is 0 Å². The molecule has 102 valence electrons. The minimum atomic E-state index is 0.207. The zero-order valence-electron chi connectivity index (χ0n) is 11.4. The topological polar surface area (TPSA) is 35.2 Å². The van der Waals surface area contributed by atoms with Crippen molar-refractivity contribution in [3.05, 3.63) is 0 Å². The predicted molar refractivity (Wildman–Crippen MR) is 72.1 cm³/mol. The molecule has 4 fully saturated rings. The lowest BCUT2D eigenvalue weighted by atomic mass is 9.67. The van der Waals surface area contributed by atoms with Crippen LogP contribution in [0.1, 0.15) is 51.4 Å². The Morgan fingerprint density at radius 2 is 1.83 bits per heavy atom. The number of hydrogen-bond acceptors (Lipinski definition) is 2. The summed E-state index contributed by atoms with van der Waals surface area (Å²) in [4.78, 5) is 0. The summed E-state index contributed by atoms with van der Waals surface area (Å²) in [6.07, 6.45) is 11.1. The molecular formula is C16H27NO. The number of ether oxygens (including phenoxy) is 1. The highest BCUT2D eigenvalue weighted by Crippen LogP contribution is 2.62. The highest BCUT2D eigenvalue weighted by molar-refractivity contribution is 5.12. The summed E-state index contributed by atoms with van der Waals surface area (Å²) in [6.45, 7) is 1.95. The minimum Gasteiger partial charge on any atom is -0.381 e. The summed E-state index contributed by atoms with van der Waals surface area (Å²) in [5.74, 6) is 4.79. The summed E-state index contributed by atoms with van der Waals surface area (Å²) in [5, 5.41) is 0. The van der Waals surface area contributed by atoms with Gasteiger partial charge in [-0.1, -0.05) is 6.42 Å². The molecule has 3 saturated carbocycles. The summed E-state index contributed by atoms with van der Waals surface area (Å²) in [7, 11) is 0. The zero-order chi connectivity index (χ0) is 12.2. The Balaban J connectivity index is 1.47. The maximum absolute atomic E-state index is 6.89. The average molecular weight is 249 g/mol. The molecule has 5 atom stereocenters. The molecule has 0 spiro atoms. The minimum absolute atomic E-state index is 0.207. The van der Waals surface area contributed by atoms with E-state index in [9.17, 15) is 0 Å². The molecule has 2 heteroatoms. The van der Waals surface area contributed by atoms with E-state index >= 15 is 0 Å². The van der Waals surface area contributed by atoms with Crippen LogP contribution < -0.4 is 5.73 Å². The monoisotopic (exact) mass is 249 g/mol. The average Bonchev–Trinajstić information content (AvgIpc) is 3.00. The van der Waals surface area contributed by atoms with E-state index in [1.807, 2.05) is 0 Å². The molecule has 0 aromatic rings. The molecule has 0 aromatic heterocycles. The van der Waals surface area contributed by atoms with Gasteiger partial charge in [0.25, 0.3) is 0 Å². The molecule has 1 aliphatic heterocycles. The Bertz CT molecular complexity index is 325. The van der Waals surface area contributed by atoms with Gasteiger partial charge in [0, 0.05) is 18.8 Å². The second kappa shape index (κ2) is 4.21. The molecule has 4 aliphatic rings. The SMILES string of the molecule is NC1(CC2CCOCC2)CC2CC1C1CCCC21. The fourth-order valence-electron chi connectivity index (χ4n) is 6.04. The summed E-state index contributed by atoms with van der Waals surface area (Å²) < 4.78 is 5.49. The van der Waals surface area contributed by atoms with Crippen molar-refractivity contribution in [2.45, 2.75) is 56.9 Å². The van der Waals surface area contributed by atoms with Crippen molar-refractivity contribution < 1.29 is 4.74 Å². The van der Waals surface area contributed by atoms with Crippen LogP contribution in [0.4, 0.5) is 0 Å². The van der Waals surface area contributed by atoms with Gasteiger partial charge in [0.15, 0.2) is 0 Å². The maximum Gasteiger partial charge on any atom is 0.0468 e. The first-order valence-corrected chi connectivity index (χ1v) is 8.13. The van der Waals surface area contributed by atoms with E-state index in [4.69, 9.17) is 10.5 Å². The third-order valence-electron chi connectivity index (χ3n) is 6.69. The van der Waals surface area contributed by atoms with E-state index < -0.39 is 0 Å². The molecule has 0 radical (unpaired) electrons. The molecule has 1 saturated heterocycles. The van der Waals surface area contributed by atoms with Gasteiger partial charge in [-0.25, -0.2) is 0 Å². The van der Waals surface area contributed by atoms with Gasteiger partial charge in [0.2, 0.25) is 0 Å². The molecule has 18 heavy (non-hydrogen) atoms. The van der Waals surface area contributed by atoms with Gasteiger partial charge in [0.1, 0.15) is 0 Å². The fourth-order valence-corrected chi connectivity index (χ4v) is 6.04. The quantitative estimate of drug-likeness (QED) is 0.816.